The second-order valence-electron chi connectivity index (χ2n) is 6.24. The molecular weight excluding hydrogens is 329 g/mol. The molecule has 5 nitrogen and oxygen atoms in total. The highest BCUT2D eigenvalue weighted by Crippen LogP contribution is 2.23. The van der Waals surface area contributed by atoms with E-state index in [-0.39, 0.29) is 11.7 Å². The Morgan fingerprint density at radius 2 is 2.00 bits per heavy atom. The van der Waals surface area contributed by atoms with Gasteiger partial charge in [0.1, 0.15) is 5.82 Å². The van der Waals surface area contributed by atoms with E-state index < -0.39 is 10.0 Å². The number of rotatable bonds is 4. The van der Waals surface area contributed by atoms with E-state index in [0.717, 1.165) is 24.1 Å². The van der Waals surface area contributed by atoms with Crippen LogP contribution in [0.15, 0.2) is 36.7 Å². The number of sulfonamides is 1. The highest BCUT2D eigenvalue weighted by molar-refractivity contribution is 7.88. The molecule has 24 heavy (non-hydrogen) atoms. The molecule has 3 rings (SSSR count). The van der Waals surface area contributed by atoms with Crippen LogP contribution < -0.4 is 0 Å². The minimum absolute atomic E-state index is 0.242. The molecule has 0 unspecified atom stereocenters. The third kappa shape index (κ3) is 4.15. The molecule has 0 spiro atoms. The van der Waals surface area contributed by atoms with Crippen LogP contribution in [0.25, 0.3) is 11.3 Å². The number of nitrogens with zero attached hydrogens (tertiary/aromatic N) is 3. The van der Waals surface area contributed by atoms with E-state index in [0.29, 0.717) is 25.2 Å². The highest BCUT2D eigenvalue weighted by atomic mass is 32.2. The van der Waals surface area contributed by atoms with Crippen LogP contribution in [0.1, 0.15) is 18.5 Å². The summed E-state index contributed by atoms with van der Waals surface area (Å²) in [5.74, 6) is -0.0443. The normalized spacial score (nSPS) is 19.3. The second-order valence-corrected chi connectivity index (χ2v) is 8.22. The van der Waals surface area contributed by atoms with Crippen molar-refractivity contribution < 1.29 is 12.8 Å². The van der Waals surface area contributed by atoms with Gasteiger partial charge >= 0.3 is 0 Å². The molecule has 0 radical (unpaired) electrons. The summed E-state index contributed by atoms with van der Waals surface area (Å²) in [6.45, 7) is 1.12. The van der Waals surface area contributed by atoms with Crippen molar-refractivity contribution >= 4 is 10.0 Å². The van der Waals surface area contributed by atoms with Crippen molar-refractivity contribution in [3.8, 4) is 11.3 Å². The quantitative estimate of drug-likeness (QED) is 0.851. The zero-order valence-electron chi connectivity index (χ0n) is 13.5. The van der Waals surface area contributed by atoms with Crippen LogP contribution in [0.5, 0.6) is 0 Å². The third-order valence-corrected chi connectivity index (χ3v) is 5.54. The van der Waals surface area contributed by atoms with Gasteiger partial charge in [-0.2, -0.15) is 0 Å². The van der Waals surface area contributed by atoms with Crippen molar-refractivity contribution in [2.45, 2.75) is 19.3 Å². The average molecular weight is 349 g/mol. The Morgan fingerprint density at radius 1 is 1.25 bits per heavy atom. The maximum absolute atomic E-state index is 13.0. The monoisotopic (exact) mass is 349 g/mol. The molecule has 2 aromatic rings. The Hall–Kier alpha value is -1.86. The summed E-state index contributed by atoms with van der Waals surface area (Å²) >= 11 is 0. The molecule has 0 saturated carbocycles. The van der Waals surface area contributed by atoms with Crippen LogP contribution in [0.3, 0.4) is 0 Å². The van der Waals surface area contributed by atoms with Crippen molar-refractivity contribution in [1.29, 1.82) is 0 Å². The number of halogens is 1. The van der Waals surface area contributed by atoms with Gasteiger partial charge in [0.05, 0.1) is 23.8 Å². The lowest BCUT2D eigenvalue weighted by molar-refractivity contribution is 0.265. The third-order valence-electron chi connectivity index (χ3n) is 4.27. The maximum Gasteiger partial charge on any atom is 0.211 e. The molecule has 1 aliphatic rings. The summed E-state index contributed by atoms with van der Waals surface area (Å²) in [4.78, 5) is 8.83. The first kappa shape index (κ1) is 17.0. The molecule has 128 valence electrons. The number of benzene rings is 1. The smallest absolute Gasteiger partial charge is 0.211 e. The predicted octanol–water partition coefficient (Wildman–Crippen LogP) is 2.50. The van der Waals surface area contributed by atoms with Gasteiger partial charge in [-0.3, -0.25) is 4.98 Å². The second kappa shape index (κ2) is 6.94. The molecular formula is C17H20FN3O2S. The van der Waals surface area contributed by atoms with Crippen molar-refractivity contribution in [3.63, 3.8) is 0 Å². The predicted molar refractivity (Wildman–Crippen MR) is 90.3 cm³/mol. The fourth-order valence-corrected chi connectivity index (χ4v) is 4.00. The van der Waals surface area contributed by atoms with Gasteiger partial charge < -0.3 is 0 Å². The Kier molecular flexibility index (Phi) is 4.91. The van der Waals surface area contributed by atoms with Crippen LogP contribution in [-0.4, -0.2) is 42.0 Å². The Labute approximate surface area is 141 Å². The summed E-state index contributed by atoms with van der Waals surface area (Å²) < 4.78 is 38.0. The summed E-state index contributed by atoms with van der Waals surface area (Å²) in [6, 6.07) is 6.15. The van der Waals surface area contributed by atoms with Gasteiger partial charge in [0.15, 0.2) is 0 Å². The van der Waals surface area contributed by atoms with Gasteiger partial charge in [-0.05, 0) is 49.4 Å². The van der Waals surface area contributed by atoms with Crippen LogP contribution in [0, 0.1) is 11.7 Å². The number of aromatic nitrogens is 2. The van der Waals surface area contributed by atoms with Gasteiger partial charge in [-0.15, -0.1) is 0 Å². The standard InChI is InChI=1S/C17H20FN3O2S/c1-24(22,23)21-8-2-3-13(12-21)9-16-10-19-11-17(20-16)14-4-6-15(18)7-5-14/h4-7,10-11,13H,2-3,8-9,12H2,1H3/t13-/m1/s1. The van der Waals surface area contributed by atoms with Gasteiger partial charge in [-0.25, -0.2) is 22.1 Å². The number of hydrogen-bond donors (Lipinski definition) is 0. The van der Waals surface area contributed by atoms with Crippen LogP contribution in [0.2, 0.25) is 0 Å². The van der Waals surface area contributed by atoms with Crippen LogP contribution in [-0.2, 0) is 16.4 Å². The Bertz CT molecular complexity index is 809. The molecule has 2 heterocycles. The Morgan fingerprint density at radius 3 is 2.71 bits per heavy atom. The first-order chi connectivity index (χ1) is 11.4. The molecule has 1 aromatic heterocycles. The van der Waals surface area contributed by atoms with Crippen LogP contribution in [0.4, 0.5) is 4.39 Å². The zero-order chi connectivity index (χ0) is 17.2. The molecule has 1 fully saturated rings. The Balaban J connectivity index is 1.74. The molecule has 0 N–H and O–H groups in total. The SMILES string of the molecule is CS(=O)(=O)N1CCC[C@H](Cc2cncc(-c3ccc(F)cc3)n2)C1. The first-order valence-electron chi connectivity index (χ1n) is 7.94. The largest absolute Gasteiger partial charge is 0.261 e. The van der Waals surface area contributed by atoms with Crippen molar-refractivity contribution in [2.75, 3.05) is 19.3 Å². The van der Waals surface area contributed by atoms with Crippen molar-refractivity contribution in [3.05, 3.63) is 48.2 Å². The zero-order valence-corrected chi connectivity index (χ0v) is 14.3. The van der Waals surface area contributed by atoms with E-state index in [4.69, 9.17) is 0 Å². The molecule has 0 aliphatic carbocycles. The van der Waals surface area contributed by atoms with Gasteiger partial charge in [-0.1, -0.05) is 0 Å². The van der Waals surface area contributed by atoms with Gasteiger partial charge in [0.2, 0.25) is 10.0 Å². The molecule has 0 amide bonds. The number of piperidine rings is 1. The van der Waals surface area contributed by atoms with Gasteiger partial charge in [0, 0.05) is 24.8 Å². The summed E-state index contributed by atoms with van der Waals surface area (Å²) in [5.41, 5.74) is 2.34. The minimum atomic E-state index is -3.14. The summed E-state index contributed by atoms with van der Waals surface area (Å²) in [5, 5.41) is 0. The van der Waals surface area contributed by atoms with Crippen LogP contribution >= 0.6 is 0 Å². The molecule has 0 bridgehead atoms. The van der Waals surface area contributed by atoms with Crippen molar-refractivity contribution in [1.82, 2.24) is 14.3 Å². The van der Waals surface area contributed by atoms with E-state index in [1.807, 2.05) is 0 Å². The lowest BCUT2D eigenvalue weighted by atomic mass is 9.95. The lowest BCUT2D eigenvalue weighted by Gasteiger charge is -2.30. The first-order valence-corrected chi connectivity index (χ1v) is 9.78. The van der Waals surface area contributed by atoms with Crippen molar-refractivity contribution in [2.24, 2.45) is 5.92 Å². The molecule has 1 aliphatic heterocycles. The number of hydrogen-bond acceptors (Lipinski definition) is 4. The molecule has 1 atom stereocenters. The lowest BCUT2D eigenvalue weighted by Crippen LogP contribution is -2.39. The average Bonchev–Trinajstić information content (AvgIpc) is 2.55. The van der Waals surface area contributed by atoms with Gasteiger partial charge in [0.25, 0.3) is 0 Å². The summed E-state index contributed by atoms with van der Waals surface area (Å²) in [6.07, 6.45) is 7.16. The maximum atomic E-state index is 13.0. The molecule has 1 saturated heterocycles. The topological polar surface area (TPSA) is 63.2 Å². The van der Waals surface area contributed by atoms with E-state index in [1.165, 1.54) is 18.4 Å². The fraction of sp³-hybridized carbons (Fsp3) is 0.412. The van der Waals surface area contributed by atoms with E-state index in [9.17, 15) is 12.8 Å². The van der Waals surface area contributed by atoms with E-state index in [1.54, 1.807) is 28.8 Å². The highest BCUT2D eigenvalue weighted by Gasteiger charge is 2.26. The molecule has 1 aromatic carbocycles. The fourth-order valence-electron chi connectivity index (χ4n) is 3.05. The van der Waals surface area contributed by atoms with E-state index >= 15 is 0 Å². The summed E-state index contributed by atoms with van der Waals surface area (Å²) in [7, 11) is -3.14. The molecule has 7 heteroatoms. The minimum Gasteiger partial charge on any atom is -0.261 e. The van der Waals surface area contributed by atoms with E-state index in [2.05, 4.69) is 9.97 Å².